The zero-order chi connectivity index (χ0) is 18.2. The number of aliphatic hydroxyl groups is 1. The highest BCUT2D eigenvalue weighted by molar-refractivity contribution is 5.83. The van der Waals surface area contributed by atoms with Crippen LogP contribution in [0.2, 0.25) is 0 Å². The van der Waals surface area contributed by atoms with E-state index in [1.807, 2.05) is 6.92 Å². The van der Waals surface area contributed by atoms with E-state index in [-0.39, 0.29) is 16.9 Å². The molecule has 4 rings (SSSR count). The standard InChI is InChI=1S/C23H36O2/c1-14-12-20-18-7-6-16-13-17(25)8-10-21(16,3)19(18)9-11-22(20,4)23(14,5)15(2)24/h6,14,17-20,25H,7-13H2,1-5H3/t14-,17?,18?,19?,20?,21?,22?,23-/m1/s1. The van der Waals surface area contributed by atoms with Crippen LogP contribution >= 0.6 is 0 Å². The van der Waals surface area contributed by atoms with Gasteiger partial charge in [0.25, 0.3) is 0 Å². The van der Waals surface area contributed by atoms with E-state index < -0.39 is 0 Å². The maximum atomic E-state index is 12.7. The van der Waals surface area contributed by atoms with Crippen molar-refractivity contribution in [2.75, 3.05) is 0 Å². The molecule has 4 aliphatic carbocycles. The lowest BCUT2D eigenvalue weighted by Crippen LogP contribution is -2.53. The molecule has 4 aliphatic rings. The summed E-state index contributed by atoms with van der Waals surface area (Å²) in [6.07, 6.45) is 10.2. The van der Waals surface area contributed by atoms with E-state index in [4.69, 9.17) is 0 Å². The quantitative estimate of drug-likeness (QED) is 0.668. The average Bonchev–Trinajstić information content (AvgIpc) is 2.77. The number of allylic oxidation sites excluding steroid dienone is 1. The van der Waals surface area contributed by atoms with Gasteiger partial charge in [-0.3, -0.25) is 4.79 Å². The van der Waals surface area contributed by atoms with Gasteiger partial charge in [0.05, 0.1) is 6.10 Å². The molecule has 6 unspecified atom stereocenters. The molecule has 0 radical (unpaired) electrons. The molecule has 0 amide bonds. The van der Waals surface area contributed by atoms with Crippen molar-refractivity contribution in [3.05, 3.63) is 11.6 Å². The first-order valence-electron chi connectivity index (χ1n) is 10.5. The van der Waals surface area contributed by atoms with E-state index in [1.54, 1.807) is 0 Å². The minimum atomic E-state index is -0.156. The van der Waals surface area contributed by atoms with Crippen molar-refractivity contribution >= 4 is 5.78 Å². The summed E-state index contributed by atoms with van der Waals surface area (Å²) in [7, 11) is 0. The Morgan fingerprint density at radius 1 is 1.16 bits per heavy atom. The molecule has 0 aromatic rings. The van der Waals surface area contributed by atoms with Crippen LogP contribution < -0.4 is 0 Å². The van der Waals surface area contributed by atoms with Crippen molar-refractivity contribution in [1.29, 1.82) is 0 Å². The highest BCUT2D eigenvalue weighted by atomic mass is 16.3. The average molecular weight is 345 g/mol. The van der Waals surface area contributed by atoms with Gasteiger partial charge in [-0.25, -0.2) is 0 Å². The summed E-state index contributed by atoms with van der Waals surface area (Å²) in [6, 6.07) is 0. The summed E-state index contributed by atoms with van der Waals surface area (Å²) in [5.74, 6) is 3.05. The van der Waals surface area contributed by atoms with E-state index in [2.05, 4.69) is 33.8 Å². The SMILES string of the molecule is CC(=O)[C@@]1(C)[C@H](C)CC2C3CC=C4CC(O)CCC4(C)C3CCC21C. The number of carbonyl (C=O) groups is 1. The lowest BCUT2D eigenvalue weighted by Gasteiger charge is -2.59. The third kappa shape index (κ3) is 2.10. The number of ketones is 1. The molecule has 0 aromatic carbocycles. The second-order valence-corrected chi connectivity index (χ2v) is 10.5. The summed E-state index contributed by atoms with van der Waals surface area (Å²) in [5.41, 5.74) is 1.84. The van der Waals surface area contributed by atoms with Crippen molar-refractivity contribution in [2.24, 2.45) is 39.9 Å². The van der Waals surface area contributed by atoms with Gasteiger partial charge in [0.2, 0.25) is 0 Å². The second-order valence-electron chi connectivity index (χ2n) is 10.5. The van der Waals surface area contributed by atoms with Gasteiger partial charge in [-0.15, -0.1) is 0 Å². The number of rotatable bonds is 1. The highest BCUT2D eigenvalue weighted by Crippen LogP contribution is 2.71. The van der Waals surface area contributed by atoms with Crippen LogP contribution in [0.4, 0.5) is 0 Å². The molecule has 8 atom stereocenters. The molecule has 1 N–H and O–H groups in total. The minimum Gasteiger partial charge on any atom is -0.393 e. The Morgan fingerprint density at radius 3 is 2.56 bits per heavy atom. The van der Waals surface area contributed by atoms with Gasteiger partial charge in [-0.2, -0.15) is 0 Å². The topological polar surface area (TPSA) is 37.3 Å². The zero-order valence-corrected chi connectivity index (χ0v) is 16.8. The predicted octanol–water partition coefficient (Wildman–Crippen LogP) is 5.15. The summed E-state index contributed by atoms with van der Waals surface area (Å²) in [5, 5.41) is 10.1. The maximum absolute atomic E-state index is 12.7. The molecule has 3 fully saturated rings. The van der Waals surface area contributed by atoms with Crippen LogP contribution in [0.3, 0.4) is 0 Å². The summed E-state index contributed by atoms with van der Waals surface area (Å²) in [6.45, 7) is 11.3. The molecule has 0 aliphatic heterocycles. The Balaban J connectivity index is 1.72. The Morgan fingerprint density at radius 2 is 1.88 bits per heavy atom. The van der Waals surface area contributed by atoms with Crippen molar-refractivity contribution in [3.63, 3.8) is 0 Å². The highest BCUT2D eigenvalue weighted by Gasteiger charge is 2.66. The van der Waals surface area contributed by atoms with Crippen LogP contribution in [-0.2, 0) is 4.79 Å². The predicted molar refractivity (Wildman–Crippen MR) is 101 cm³/mol. The number of hydrogen-bond donors (Lipinski definition) is 1. The molecule has 0 heterocycles. The molecule has 0 spiro atoms. The monoisotopic (exact) mass is 344 g/mol. The van der Waals surface area contributed by atoms with Crippen LogP contribution in [0.5, 0.6) is 0 Å². The molecule has 0 saturated heterocycles. The number of Topliss-reactive ketones (excluding diaryl/α,β-unsaturated/α-hetero) is 1. The third-order valence-electron chi connectivity index (χ3n) is 9.98. The van der Waals surface area contributed by atoms with Gasteiger partial charge in [0.15, 0.2) is 0 Å². The van der Waals surface area contributed by atoms with Crippen LogP contribution in [-0.4, -0.2) is 17.0 Å². The number of aliphatic hydroxyl groups excluding tert-OH is 1. The van der Waals surface area contributed by atoms with Crippen LogP contribution in [0.15, 0.2) is 11.6 Å². The van der Waals surface area contributed by atoms with Gasteiger partial charge in [-0.05, 0) is 86.4 Å². The first kappa shape index (κ1) is 17.8. The van der Waals surface area contributed by atoms with Crippen LogP contribution in [0.1, 0.15) is 79.6 Å². The molecular formula is C23H36O2. The van der Waals surface area contributed by atoms with Crippen LogP contribution in [0, 0.1) is 39.9 Å². The fraction of sp³-hybridized carbons (Fsp3) is 0.870. The minimum absolute atomic E-state index is 0.128. The van der Waals surface area contributed by atoms with Crippen molar-refractivity contribution < 1.29 is 9.90 Å². The van der Waals surface area contributed by atoms with Crippen LogP contribution in [0.25, 0.3) is 0 Å². The maximum Gasteiger partial charge on any atom is 0.136 e. The Kier molecular flexibility index (Phi) is 3.87. The molecule has 0 aromatic heterocycles. The van der Waals surface area contributed by atoms with Crippen molar-refractivity contribution in [1.82, 2.24) is 0 Å². The third-order valence-corrected chi connectivity index (χ3v) is 9.98. The largest absolute Gasteiger partial charge is 0.393 e. The molecule has 3 saturated carbocycles. The van der Waals surface area contributed by atoms with E-state index in [0.717, 1.165) is 31.1 Å². The second kappa shape index (κ2) is 5.44. The summed E-state index contributed by atoms with van der Waals surface area (Å²) < 4.78 is 0. The molecule has 0 bridgehead atoms. The number of hydrogen-bond acceptors (Lipinski definition) is 2. The Bertz CT molecular complexity index is 622. The smallest absolute Gasteiger partial charge is 0.136 e. The number of carbonyl (C=O) groups excluding carboxylic acids is 1. The summed E-state index contributed by atoms with van der Waals surface area (Å²) >= 11 is 0. The van der Waals surface area contributed by atoms with Crippen molar-refractivity contribution in [3.8, 4) is 0 Å². The molecule has 2 heteroatoms. The summed E-state index contributed by atoms with van der Waals surface area (Å²) in [4.78, 5) is 12.7. The van der Waals surface area contributed by atoms with Gasteiger partial charge in [0.1, 0.15) is 5.78 Å². The zero-order valence-electron chi connectivity index (χ0n) is 16.8. The first-order chi connectivity index (χ1) is 11.6. The Labute approximate surface area is 153 Å². The van der Waals surface area contributed by atoms with Gasteiger partial charge < -0.3 is 5.11 Å². The fourth-order valence-corrected chi connectivity index (χ4v) is 7.97. The van der Waals surface area contributed by atoms with Gasteiger partial charge in [0, 0.05) is 5.41 Å². The van der Waals surface area contributed by atoms with Gasteiger partial charge >= 0.3 is 0 Å². The molecule has 25 heavy (non-hydrogen) atoms. The van der Waals surface area contributed by atoms with E-state index in [1.165, 1.54) is 31.3 Å². The molecular weight excluding hydrogens is 308 g/mol. The van der Waals surface area contributed by atoms with E-state index in [0.29, 0.717) is 23.0 Å². The van der Waals surface area contributed by atoms with E-state index in [9.17, 15) is 9.90 Å². The van der Waals surface area contributed by atoms with Crippen molar-refractivity contribution in [2.45, 2.75) is 85.7 Å². The van der Waals surface area contributed by atoms with E-state index >= 15 is 0 Å². The lowest BCUT2D eigenvalue weighted by molar-refractivity contribution is -0.140. The van der Waals surface area contributed by atoms with Gasteiger partial charge in [-0.1, -0.05) is 39.3 Å². The Hall–Kier alpha value is -0.630. The lowest BCUT2D eigenvalue weighted by atomic mass is 9.45. The first-order valence-corrected chi connectivity index (χ1v) is 10.5. The normalized spacial score (nSPS) is 55.0. The number of fused-ring (bicyclic) bond motifs is 5. The fourth-order valence-electron chi connectivity index (χ4n) is 7.97. The molecule has 140 valence electrons. The molecule has 2 nitrogen and oxygen atoms in total.